The molecular formula is C12H11N3O2. The Morgan fingerprint density at radius 1 is 1.29 bits per heavy atom. The number of benzene rings is 1. The highest BCUT2D eigenvalue weighted by Gasteiger charge is 2.06. The predicted molar refractivity (Wildman–Crippen MR) is 60.2 cm³/mol. The normalized spacial score (nSPS) is 9.88. The summed E-state index contributed by atoms with van der Waals surface area (Å²) in [7, 11) is 0. The fourth-order valence-electron chi connectivity index (χ4n) is 1.32. The van der Waals surface area contributed by atoms with Crippen molar-refractivity contribution in [1.82, 2.24) is 10.2 Å². The highest BCUT2D eigenvalue weighted by Crippen LogP contribution is 2.21. The van der Waals surface area contributed by atoms with Crippen LogP contribution in [0.2, 0.25) is 0 Å². The third-order valence-electron chi connectivity index (χ3n) is 2.17. The second kappa shape index (κ2) is 5.12. The van der Waals surface area contributed by atoms with E-state index >= 15 is 0 Å². The Morgan fingerprint density at radius 2 is 2.06 bits per heavy atom. The molecule has 0 aliphatic heterocycles. The van der Waals surface area contributed by atoms with Crippen molar-refractivity contribution < 1.29 is 9.15 Å². The minimum absolute atomic E-state index is 0.0416. The van der Waals surface area contributed by atoms with Crippen LogP contribution in [0.5, 0.6) is 5.75 Å². The van der Waals surface area contributed by atoms with Crippen molar-refractivity contribution in [2.45, 2.75) is 13.3 Å². The minimum Gasteiger partial charge on any atom is -0.479 e. The molecule has 0 saturated heterocycles. The van der Waals surface area contributed by atoms with Crippen LogP contribution in [0.3, 0.4) is 0 Å². The Labute approximate surface area is 98.7 Å². The van der Waals surface area contributed by atoms with Crippen molar-refractivity contribution in [2.75, 3.05) is 6.61 Å². The van der Waals surface area contributed by atoms with Crippen LogP contribution in [0, 0.1) is 11.3 Å². The number of nitriles is 1. The van der Waals surface area contributed by atoms with Crippen LogP contribution in [0.25, 0.3) is 11.5 Å². The zero-order valence-electron chi connectivity index (χ0n) is 9.38. The molecule has 5 heteroatoms. The van der Waals surface area contributed by atoms with E-state index in [4.69, 9.17) is 14.4 Å². The van der Waals surface area contributed by atoms with Crippen LogP contribution in [0.4, 0.5) is 0 Å². The molecule has 0 spiro atoms. The molecule has 0 aliphatic carbocycles. The Morgan fingerprint density at radius 3 is 2.65 bits per heavy atom. The predicted octanol–water partition coefficient (Wildman–Crippen LogP) is 2.20. The van der Waals surface area contributed by atoms with Gasteiger partial charge in [0.15, 0.2) is 6.61 Å². The second-order valence-corrected chi connectivity index (χ2v) is 3.33. The smallest absolute Gasteiger partial charge is 0.247 e. The summed E-state index contributed by atoms with van der Waals surface area (Å²) in [6.45, 7) is 2.00. The van der Waals surface area contributed by atoms with Crippen LogP contribution in [0.15, 0.2) is 28.7 Å². The summed E-state index contributed by atoms with van der Waals surface area (Å²) in [5.74, 6) is 1.75. The maximum atomic E-state index is 8.38. The Bertz CT molecular complexity index is 525. The molecule has 17 heavy (non-hydrogen) atoms. The highest BCUT2D eigenvalue weighted by atomic mass is 16.5. The molecule has 2 aromatic rings. The van der Waals surface area contributed by atoms with Gasteiger partial charge < -0.3 is 9.15 Å². The quantitative estimate of drug-likeness (QED) is 0.803. The van der Waals surface area contributed by atoms with Crippen molar-refractivity contribution in [3.63, 3.8) is 0 Å². The van der Waals surface area contributed by atoms with E-state index in [1.165, 1.54) is 0 Å². The van der Waals surface area contributed by atoms with Gasteiger partial charge in [0, 0.05) is 12.0 Å². The average molecular weight is 229 g/mol. The molecule has 0 N–H and O–H groups in total. The van der Waals surface area contributed by atoms with E-state index in [0.717, 1.165) is 12.0 Å². The van der Waals surface area contributed by atoms with Gasteiger partial charge in [0.05, 0.1) is 0 Å². The summed E-state index contributed by atoms with van der Waals surface area (Å²) >= 11 is 0. The number of hydrogen-bond donors (Lipinski definition) is 0. The van der Waals surface area contributed by atoms with Gasteiger partial charge in [-0.25, -0.2) is 0 Å². The lowest BCUT2D eigenvalue weighted by Gasteiger charge is -2.01. The monoisotopic (exact) mass is 229 g/mol. The Kier molecular flexibility index (Phi) is 3.36. The summed E-state index contributed by atoms with van der Waals surface area (Å²) in [4.78, 5) is 0. The molecule has 1 heterocycles. The van der Waals surface area contributed by atoms with Gasteiger partial charge in [-0.05, 0) is 24.3 Å². The Hall–Kier alpha value is -2.35. The number of ether oxygens (including phenoxy) is 1. The van der Waals surface area contributed by atoms with Crippen LogP contribution in [0.1, 0.15) is 12.8 Å². The topological polar surface area (TPSA) is 71.9 Å². The van der Waals surface area contributed by atoms with Crippen molar-refractivity contribution in [2.24, 2.45) is 0 Å². The summed E-state index contributed by atoms with van der Waals surface area (Å²) in [6.07, 6.45) is 0.719. The van der Waals surface area contributed by atoms with Gasteiger partial charge in [0.25, 0.3) is 0 Å². The van der Waals surface area contributed by atoms with E-state index < -0.39 is 0 Å². The first-order valence-electron chi connectivity index (χ1n) is 5.26. The first kappa shape index (κ1) is 11.1. The highest BCUT2D eigenvalue weighted by molar-refractivity contribution is 5.53. The van der Waals surface area contributed by atoms with E-state index in [0.29, 0.717) is 17.5 Å². The van der Waals surface area contributed by atoms with Gasteiger partial charge in [0.1, 0.15) is 11.8 Å². The molecule has 0 atom stereocenters. The first-order chi connectivity index (χ1) is 8.33. The maximum Gasteiger partial charge on any atom is 0.247 e. The van der Waals surface area contributed by atoms with Crippen molar-refractivity contribution >= 4 is 0 Å². The van der Waals surface area contributed by atoms with Crippen molar-refractivity contribution in [1.29, 1.82) is 5.26 Å². The lowest BCUT2D eigenvalue weighted by Crippen LogP contribution is -1.92. The maximum absolute atomic E-state index is 8.38. The molecule has 0 bridgehead atoms. The third kappa shape index (κ3) is 2.61. The molecule has 0 saturated carbocycles. The van der Waals surface area contributed by atoms with Gasteiger partial charge >= 0.3 is 0 Å². The van der Waals surface area contributed by atoms with E-state index in [1.807, 2.05) is 25.1 Å². The lowest BCUT2D eigenvalue weighted by molar-refractivity contribution is 0.368. The molecule has 1 aromatic heterocycles. The van der Waals surface area contributed by atoms with Crippen molar-refractivity contribution in [3.05, 3.63) is 30.2 Å². The molecule has 86 valence electrons. The fraction of sp³-hybridized carbons (Fsp3) is 0.250. The molecule has 0 radical (unpaired) electrons. The molecule has 0 aliphatic rings. The zero-order valence-corrected chi connectivity index (χ0v) is 9.38. The summed E-state index contributed by atoms with van der Waals surface area (Å²) in [5, 5.41) is 16.2. The zero-order chi connectivity index (χ0) is 12.1. The molecule has 2 rings (SSSR count). The third-order valence-corrected chi connectivity index (χ3v) is 2.17. The average Bonchev–Trinajstić information content (AvgIpc) is 2.86. The summed E-state index contributed by atoms with van der Waals surface area (Å²) in [6, 6.07) is 9.08. The van der Waals surface area contributed by atoms with Crippen LogP contribution in [-0.2, 0) is 6.42 Å². The Balaban J connectivity index is 2.15. The fourth-order valence-corrected chi connectivity index (χ4v) is 1.32. The minimum atomic E-state index is 0.0416. The van der Waals surface area contributed by atoms with Gasteiger partial charge in [-0.15, -0.1) is 10.2 Å². The number of aryl methyl sites for hydroxylation is 1. The van der Waals surface area contributed by atoms with Crippen LogP contribution < -0.4 is 4.74 Å². The van der Waals surface area contributed by atoms with E-state index in [9.17, 15) is 0 Å². The SMILES string of the molecule is CCc1nnc(-c2ccc(OCC#N)cc2)o1. The van der Waals surface area contributed by atoms with E-state index in [1.54, 1.807) is 12.1 Å². The van der Waals surface area contributed by atoms with Crippen LogP contribution in [-0.4, -0.2) is 16.8 Å². The largest absolute Gasteiger partial charge is 0.479 e. The van der Waals surface area contributed by atoms with Gasteiger partial charge in [-0.3, -0.25) is 0 Å². The van der Waals surface area contributed by atoms with E-state index in [2.05, 4.69) is 10.2 Å². The van der Waals surface area contributed by atoms with Crippen LogP contribution >= 0.6 is 0 Å². The number of nitrogens with zero attached hydrogens (tertiary/aromatic N) is 3. The van der Waals surface area contributed by atoms with E-state index in [-0.39, 0.29) is 6.61 Å². The lowest BCUT2D eigenvalue weighted by atomic mass is 10.2. The molecule has 5 nitrogen and oxygen atoms in total. The number of aromatic nitrogens is 2. The first-order valence-corrected chi connectivity index (χ1v) is 5.26. The van der Waals surface area contributed by atoms with Gasteiger partial charge in [0.2, 0.25) is 11.8 Å². The molecule has 1 aromatic carbocycles. The molecule has 0 unspecified atom stereocenters. The second-order valence-electron chi connectivity index (χ2n) is 3.33. The van der Waals surface area contributed by atoms with Gasteiger partial charge in [-0.1, -0.05) is 6.92 Å². The van der Waals surface area contributed by atoms with Crippen molar-refractivity contribution in [3.8, 4) is 23.3 Å². The summed E-state index contributed by atoms with van der Waals surface area (Å²) < 4.78 is 10.6. The number of hydrogen-bond acceptors (Lipinski definition) is 5. The number of rotatable bonds is 4. The molecule has 0 amide bonds. The molecule has 0 fully saturated rings. The standard InChI is InChI=1S/C12H11N3O2/c1-2-11-14-15-12(17-11)9-3-5-10(6-4-9)16-8-7-13/h3-6H,2,8H2,1H3. The summed E-state index contributed by atoms with van der Waals surface area (Å²) in [5.41, 5.74) is 0.835. The molecular weight excluding hydrogens is 218 g/mol. The van der Waals surface area contributed by atoms with Gasteiger partial charge in [-0.2, -0.15) is 5.26 Å².